The molecule has 0 unspecified atom stereocenters. The predicted octanol–water partition coefficient (Wildman–Crippen LogP) is 5.59. The maximum Gasteiger partial charge on any atom is 0.230 e. The SMILES string of the molecule is CCCC1CCC(C(=O)N2CCC(c3ccc(NC(=O)Cc4cn5nc(C)sc5n4)cc3)CC2)CC1. The maximum absolute atomic E-state index is 13.1. The Morgan fingerprint density at radius 1 is 1.06 bits per heavy atom. The predicted molar refractivity (Wildman–Crippen MR) is 143 cm³/mol. The van der Waals surface area contributed by atoms with Crippen LogP contribution in [0.3, 0.4) is 0 Å². The summed E-state index contributed by atoms with van der Waals surface area (Å²) in [6.07, 6.45) is 11.2. The number of likely N-dealkylation sites (tertiary alicyclic amines) is 1. The summed E-state index contributed by atoms with van der Waals surface area (Å²) in [6, 6.07) is 8.20. The number of nitrogens with zero attached hydrogens (tertiary/aromatic N) is 4. The van der Waals surface area contributed by atoms with Gasteiger partial charge in [0, 0.05) is 24.7 Å². The lowest BCUT2D eigenvalue weighted by molar-refractivity contribution is -0.138. The van der Waals surface area contributed by atoms with Gasteiger partial charge in [-0.05, 0) is 75.0 Å². The second-order valence-electron chi connectivity index (χ2n) is 10.5. The molecule has 2 aliphatic rings. The van der Waals surface area contributed by atoms with Gasteiger partial charge in [-0.2, -0.15) is 5.10 Å². The molecule has 0 spiro atoms. The van der Waals surface area contributed by atoms with Crippen molar-refractivity contribution in [2.45, 2.75) is 77.6 Å². The summed E-state index contributed by atoms with van der Waals surface area (Å²) in [5.74, 6) is 1.86. The fraction of sp³-hybridized carbons (Fsp3) is 0.571. The van der Waals surface area contributed by atoms with Crippen molar-refractivity contribution >= 4 is 33.8 Å². The summed E-state index contributed by atoms with van der Waals surface area (Å²) >= 11 is 1.52. The summed E-state index contributed by atoms with van der Waals surface area (Å²) in [5.41, 5.74) is 2.80. The molecule has 36 heavy (non-hydrogen) atoms. The van der Waals surface area contributed by atoms with Crippen LogP contribution >= 0.6 is 11.3 Å². The van der Waals surface area contributed by atoms with Crippen molar-refractivity contribution in [1.82, 2.24) is 19.5 Å². The molecule has 5 rings (SSSR count). The van der Waals surface area contributed by atoms with Gasteiger partial charge in [-0.25, -0.2) is 9.50 Å². The Morgan fingerprint density at radius 3 is 2.44 bits per heavy atom. The van der Waals surface area contributed by atoms with E-state index in [0.29, 0.717) is 11.8 Å². The number of carbonyl (C=O) groups excluding carboxylic acids is 2. The molecule has 1 N–H and O–H groups in total. The molecule has 3 aromatic rings. The first-order chi connectivity index (χ1) is 17.5. The van der Waals surface area contributed by atoms with E-state index in [1.54, 1.807) is 4.52 Å². The quantitative estimate of drug-likeness (QED) is 0.452. The number of fused-ring (bicyclic) bond motifs is 1. The molecule has 8 heteroatoms. The monoisotopic (exact) mass is 507 g/mol. The topological polar surface area (TPSA) is 79.6 Å². The number of hydrogen-bond acceptors (Lipinski definition) is 5. The molecule has 1 saturated heterocycles. The number of amides is 2. The van der Waals surface area contributed by atoms with E-state index < -0.39 is 0 Å². The lowest BCUT2D eigenvalue weighted by Crippen LogP contribution is -2.42. The Morgan fingerprint density at radius 2 is 1.78 bits per heavy atom. The van der Waals surface area contributed by atoms with Crippen molar-refractivity contribution in [2.24, 2.45) is 11.8 Å². The first kappa shape index (κ1) is 24.9. The molecule has 7 nitrogen and oxygen atoms in total. The van der Waals surface area contributed by atoms with Crippen molar-refractivity contribution < 1.29 is 9.59 Å². The number of aromatic nitrogens is 3. The number of benzene rings is 1. The van der Waals surface area contributed by atoms with Gasteiger partial charge in [-0.3, -0.25) is 9.59 Å². The Bertz CT molecular complexity index is 1150. The molecule has 1 saturated carbocycles. The van der Waals surface area contributed by atoms with Crippen molar-refractivity contribution in [3.8, 4) is 0 Å². The van der Waals surface area contributed by atoms with Gasteiger partial charge in [-0.15, -0.1) is 0 Å². The van der Waals surface area contributed by atoms with Crippen LogP contribution in [0.25, 0.3) is 4.96 Å². The smallest absolute Gasteiger partial charge is 0.230 e. The van der Waals surface area contributed by atoms with E-state index in [1.165, 1.54) is 42.6 Å². The third-order valence-electron chi connectivity index (χ3n) is 7.90. The van der Waals surface area contributed by atoms with Crippen molar-refractivity contribution in [1.29, 1.82) is 0 Å². The summed E-state index contributed by atoms with van der Waals surface area (Å²) in [6.45, 7) is 5.91. The lowest BCUT2D eigenvalue weighted by atomic mass is 9.79. The van der Waals surface area contributed by atoms with Gasteiger partial charge in [0.2, 0.25) is 16.8 Å². The lowest BCUT2D eigenvalue weighted by Gasteiger charge is -2.36. The van der Waals surface area contributed by atoms with E-state index in [4.69, 9.17) is 0 Å². The summed E-state index contributed by atoms with van der Waals surface area (Å²) in [4.78, 5) is 33.0. The summed E-state index contributed by atoms with van der Waals surface area (Å²) in [5, 5.41) is 8.28. The van der Waals surface area contributed by atoms with E-state index in [0.717, 1.165) is 66.0 Å². The second-order valence-corrected chi connectivity index (χ2v) is 11.7. The van der Waals surface area contributed by atoms with Gasteiger partial charge in [0.1, 0.15) is 5.01 Å². The standard InChI is InChI=1S/C28H37N5O2S/c1-3-4-20-5-7-23(8-6-20)27(35)32-15-13-22(14-16-32)21-9-11-24(12-10-21)29-26(34)17-25-18-33-28(30-25)36-19(2)31-33/h9-12,18,20,22-23H,3-8,13-17H2,1-2H3,(H,29,34). The van der Waals surface area contributed by atoms with Gasteiger partial charge < -0.3 is 10.2 Å². The number of anilines is 1. The van der Waals surface area contributed by atoms with Gasteiger partial charge in [0.15, 0.2) is 0 Å². The highest BCUT2D eigenvalue weighted by Crippen LogP contribution is 2.34. The Labute approximate surface area is 217 Å². The molecular formula is C28H37N5O2S. The molecule has 2 fully saturated rings. The number of nitrogens with one attached hydrogen (secondary N) is 1. The van der Waals surface area contributed by atoms with Crippen LogP contribution in [0.5, 0.6) is 0 Å². The fourth-order valence-electron chi connectivity index (χ4n) is 5.94. The van der Waals surface area contributed by atoms with Gasteiger partial charge in [0.05, 0.1) is 18.3 Å². The number of hydrogen-bond donors (Lipinski definition) is 1. The van der Waals surface area contributed by atoms with E-state index in [1.807, 2.05) is 25.3 Å². The molecule has 0 atom stereocenters. The molecule has 2 amide bonds. The van der Waals surface area contributed by atoms with Crippen molar-refractivity contribution in [3.63, 3.8) is 0 Å². The van der Waals surface area contributed by atoms with E-state index in [9.17, 15) is 9.59 Å². The average Bonchev–Trinajstić information content (AvgIpc) is 3.41. The zero-order valence-electron chi connectivity index (χ0n) is 21.4. The minimum Gasteiger partial charge on any atom is -0.342 e. The third-order valence-corrected chi connectivity index (χ3v) is 8.74. The molecule has 0 radical (unpaired) electrons. The van der Waals surface area contributed by atoms with Crippen LogP contribution in [-0.4, -0.2) is 44.4 Å². The molecule has 2 aromatic heterocycles. The Balaban J connectivity index is 1.08. The summed E-state index contributed by atoms with van der Waals surface area (Å²) in [7, 11) is 0. The summed E-state index contributed by atoms with van der Waals surface area (Å²) < 4.78 is 1.73. The highest BCUT2D eigenvalue weighted by Gasteiger charge is 2.31. The van der Waals surface area contributed by atoms with E-state index >= 15 is 0 Å². The van der Waals surface area contributed by atoms with Crippen molar-refractivity contribution in [3.05, 3.63) is 46.7 Å². The van der Waals surface area contributed by atoms with Gasteiger partial charge >= 0.3 is 0 Å². The number of rotatable bonds is 7. The van der Waals surface area contributed by atoms with Gasteiger partial charge in [0.25, 0.3) is 0 Å². The van der Waals surface area contributed by atoms with Crippen LogP contribution in [0.15, 0.2) is 30.5 Å². The molecule has 3 heterocycles. The molecule has 1 aliphatic carbocycles. The first-order valence-electron chi connectivity index (χ1n) is 13.5. The molecule has 1 aromatic carbocycles. The van der Waals surface area contributed by atoms with Gasteiger partial charge in [-0.1, -0.05) is 43.2 Å². The second kappa shape index (κ2) is 11.1. The minimum atomic E-state index is -0.0826. The van der Waals surface area contributed by atoms with Crippen LogP contribution in [-0.2, 0) is 16.0 Å². The zero-order valence-corrected chi connectivity index (χ0v) is 22.2. The molecule has 192 valence electrons. The highest BCUT2D eigenvalue weighted by atomic mass is 32.1. The Hall–Kier alpha value is -2.74. The highest BCUT2D eigenvalue weighted by molar-refractivity contribution is 7.16. The molecule has 1 aliphatic heterocycles. The number of aryl methyl sites for hydroxylation is 1. The minimum absolute atomic E-state index is 0.0826. The Kier molecular flexibility index (Phi) is 7.70. The number of piperidine rings is 1. The van der Waals surface area contributed by atoms with E-state index in [-0.39, 0.29) is 18.2 Å². The van der Waals surface area contributed by atoms with Crippen LogP contribution in [0.4, 0.5) is 5.69 Å². The molecule has 0 bridgehead atoms. The van der Waals surface area contributed by atoms with Crippen LogP contribution in [0.2, 0.25) is 0 Å². The third kappa shape index (κ3) is 5.80. The fourth-order valence-corrected chi connectivity index (χ4v) is 6.68. The number of carbonyl (C=O) groups is 2. The van der Waals surface area contributed by atoms with E-state index in [2.05, 4.69) is 39.4 Å². The van der Waals surface area contributed by atoms with Crippen molar-refractivity contribution in [2.75, 3.05) is 18.4 Å². The normalized spacial score (nSPS) is 21.1. The largest absolute Gasteiger partial charge is 0.342 e. The van der Waals surface area contributed by atoms with Crippen LogP contribution in [0.1, 0.15) is 80.5 Å². The number of imidazole rings is 1. The zero-order chi connectivity index (χ0) is 25.1. The molecular weight excluding hydrogens is 470 g/mol. The average molecular weight is 508 g/mol. The van der Waals surface area contributed by atoms with Crippen LogP contribution < -0.4 is 5.32 Å². The van der Waals surface area contributed by atoms with Crippen LogP contribution in [0, 0.1) is 18.8 Å². The first-order valence-corrected chi connectivity index (χ1v) is 14.3. The maximum atomic E-state index is 13.1.